The Morgan fingerprint density at radius 3 is 2.95 bits per heavy atom. The highest BCUT2D eigenvalue weighted by Crippen LogP contribution is 2.40. The highest BCUT2D eigenvalue weighted by Gasteiger charge is 2.51. The van der Waals surface area contributed by atoms with E-state index in [1.165, 1.54) is 19.5 Å². The Morgan fingerprint density at radius 2 is 2.14 bits per heavy atom. The zero-order chi connectivity index (χ0) is 15.3. The smallest absolute Gasteiger partial charge is 0.481 e. The average Bonchev–Trinajstić information content (AvgIpc) is 3.18. The van der Waals surface area contributed by atoms with Crippen LogP contribution in [0.4, 0.5) is 8.63 Å². The molecule has 2 aromatic rings. The van der Waals surface area contributed by atoms with Gasteiger partial charge in [-0.25, -0.2) is 4.98 Å². The molecule has 4 rings (SSSR count). The molecule has 0 unspecified atom stereocenters. The number of nitrogens with zero attached hydrogens (tertiary/aromatic N) is 3. The lowest BCUT2D eigenvalue weighted by Gasteiger charge is -2.31. The molecule has 0 saturated carbocycles. The fourth-order valence-electron chi connectivity index (χ4n) is 3.04. The van der Waals surface area contributed by atoms with Gasteiger partial charge in [0.1, 0.15) is 6.21 Å². The summed E-state index contributed by atoms with van der Waals surface area (Å²) < 4.78 is 36.7. The number of methoxy groups -OCH3 is 1. The molecule has 2 aliphatic heterocycles. The number of hydrogen-bond acceptors (Lipinski definition) is 2. The van der Waals surface area contributed by atoms with Crippen LogP contribution in [0.3, 0.4) is 0 Å². The summed E-state index contributed by atoms with van der Waals surface area (Å²) in [7, 11) is 1.52. The van der Waals surface area contributed by atoms with E-state index in [2.05, 4.69) is 4.98 Å². The van der Waals surface area contributed by atoms with E-state index in [0.717, 1.165) is 8.96 Å². The second-order valence-electron chi connectivity index (χ2n) is 5.12. The molecule has 4 nitrogen and oxygen atoms in total. The molecule has 0 N–H and O–H groups in total. The van der Waals surface area contributed by atoms with Crippen LogP contribution in [0.15, 0.2) is 54.5 Å². The van der Waals surface area contributed by atoms with E-state index in [1.54, 1.807) is 36.5 Å². The molecule has 7 heteroatoms. The molecule has 0 fully saturated rings. The lowest BCUT2D eigenvalue weighted by molar-refractivity contribution is -0.356. The molecule has 0 aromatic carbocycles. The lowest BCUT2D eigenvalue weighted by atomic mass is 9.87. The molecule has 2 aliphatic rings. The Balaban J connectivity index is 2.07. The molecule has 0 saturated heterocycles. The van der Waals surface area contributed by atoms with Gasteiger partial charge in [-0.05, 0) is 30.5 Å². The normalized spacial score (nSPS) is 18.0. The van der Waals surface area contributed by atoms with Gasteiger partial charge in [0.25, 0.3) is 0 Å². The van der Waals surface area contributed by atoms with Gasteiger partial charge in [0.05, 0.1) is 18.2 Å². The fourth-order valence-corrected chi connectivity index (χ4v) is 3.04. The Hall–Kier alpha value is -2.70. The number of aromatic nitrogens is 2. The van der Waals surface area contributed by atoms with Crippen LogP contribution < -0.4 is 4.74 Å². The molecular formula is C15H12BF2N3O. The molecular weight excluding hydrogens is 287 g/mol. The first kappa shape index (κ1) is 13.0. The van der Waals surface area contributed by atoms with Gasteiger partial charge in [0, 0.05) is 24.0 Å². The number of fused-ring (bicyclic) bond motifs is 2. The summed E-state index contributed by atoms with van der Waals surface area (Å²) in [5.41, 5.74) is 2.30. The minimum atomic E-state index is -3.88. The van der Waals surface area contributed by atoms with E-state index in [4.69, 9.17) is 4.74 Å². The van der Waals surface area contributed by atoms with Crippen molar-refractivity contribution in [1.29, 1.82) is 0 Å². The third kappa shape index (κ3) is 1.56. The predicted molar refractivity (Wildman–Crippen MR) is 80.1 cm³/mol. The molecule has 0 aliphatic carbocycles. The van der Waals surface area contributed by atoms with Crippen LogP contribution in [0.1, 0.15) is 11.3 Å². The van der Waals surface area contributed by atoms with Gasteiger partial charge in [-0.1, -0.05) is 0 Å². The van der Waals surface area contributed by atoms with Crippen LogP contribution >= 0.6 is 0 Å². The Morgan fingerprint density at radius 1 is 1.27 bits per heavy atom. The first-order valence-electron chi connectivity index (χ1n) is 6.88. The summed E-state index contributed by atoms with van der Waals surface area (Å²) in [5.74, 6) is 0.413. The van der Waals surface area contributed by atoms with Gasteiger partial charge in [-0.2, -0.15) is 0 Å². The molecule has 0 atom stereocenters. The Labute approximate surface area is 125 Å². The maximum absolute atomic E-state index is 14.7. The summed E-state index contributed by atoms with van der Waals surface area (Å²) in [4.78, 5) is 4.18. The molecule has 4 heterocycles. The van der Waals surface area contributed by atoms with E-state index in [9.17, 15) is 8.63 Å². The van der Waals surface area contributed by atoms with Gasteiger partial charge >= 0.3 is 6.97 Å². The topological polar surface area (TPSA) is 30.1 Å². The monoisotopic (exact) mass is 299 g/mol. The quantitative estimate of drug-likeness (QED) is 0.798. The first-order chi connectivity index (χ1) is 10.6. The van der Waals surface area contributed by atoms with Crippen molar-refractivity contribution < 1.29 is 17.9 Å². The minimum absolute atomic E-state index is 0.413. The van der Waals surface area contributed by atoms with Crippen molar-refractivity contribution in [2.75, 3.05) is 7.11 Å². The van der Waals surface area contributed by atoms with Crippen LogP contribution in [0.5, 0.6) is 5.88 Å². The minimum Gasteiger partial charge on any atom is -0.481 e. The third-order valence-electron chi connectivity index (χ3n) is 3.97. The molecule has 0 amide bonds. The average molecular weight is 299 g/mol. The predicted octanol–water partition coefficient (Wildman–Crippen LogP) is 2.54. The van der Waals surface area contributed by atoms with E-state index >= 15 is 0 Å². The largest absolute Gasteiger partial charge is 0.737 e. The maximum Gasteiger partial charge on any atom is 0.737 e. The summed E-state index contributed by atoms with van der Waals surface area (Å²) in [6.07, 6.45) is 7.73. The summed E-state index contributed by atoms with van der Waals surface area (Å²) in [6.45, 7) is -3.88. The highest BCUT2D eigenvalue weighted by atomic mass is 19.2. The van der Waals surface area contributed by atoms with Gasteiger partial charge in [-0.15, -0.1) is 0 Å². The highest BCUT2D eigenvalue weighted by molar-refractivity contribution is 6.57. The van der Waals surface area contributed by atoms with Crippen molar-refractivity contribution in [2.24, 2.45) is 0 Å². The van der Waals surface area contributed by atoms with Gasteiger partial charge in [-0.3, -0.25) is 0 Å². The number of rotatable bonds is 2. The molecule has 2 aromatic heterocycles. The van der Waals surface area contributed by atoms with E-state index in [-0.39, 0.29) is 0 Å². The van der Waals surface area contributed by atoms with Crippen LogP contribution in [0, 0.1) is 0 Å². The van der Waals surface area contributed by atoms with E-state index < -0.39 is 6.97 Å². The van der Waals surface area contributed by atoms with Gasteiger partial charge in [0.2, 0.25) is 5.88 Å². The zero-order valence-corrected chi connectivity index (χ0v) is 11.8. The molecule has 110 valence electrons. The number of halogens is 2. The Bertz CT molecular complexity index is 867. The van der Waals surface area contributed by atoms with Crippen molar-refractivity contribution in [3.8, 4) is 5.88 Å². The van der Waals surface area contributed by atoms with Crippen molar-refractivity contribution in [2.45, 2.75) is 0 Å². The molecule has 0 spiro atoms. The van der Waals surface area contributed by atoms with Crippen LogP contribution in [-0.2, 0) is 0 Å². The van der Waals surface area contributed by atoms with E-state index in [0.29, 0.717) is 28.4 Å². The lowest BCUT2D eigenvalue weighted by Crippen LogP contribution is -2.49. The number of ether oxygens (including phenoxy) is 1. The first-order valence-corrected chi connectivity index (χ1v) is 6.88. The second-order valence-corrected chi connectivity index (χ2v) is 5.12. The summed E-state index contributed by atoms with van der Waals surface area (Å²) >= 11 is 0. The molecule has 0 bridgehead atoms. The standard InChI is InChI=1S/C15H12BF2N3O/c1-22-15-11(5-2-8-19-15)14-12-6-3-9-20(12)16(17,18)21-10-4-7-13(14)21/h2-10H,1H3. The van der Waals surface area contributed by atoms with E-state index in [1.807, 2.05) is 6.07 Å². The molecule has 0 radical (unpaired) electrons. The van der Waals surface area contributed by atoms with Gasteiger partial charge in [0.15, 0.2) is 5.70 Å². The van der Waals surface area contributed by atoms with Crippen LogP contribution in [0.2, 0.25) is 0 Å². The summed E-state index contributed by atoms with van der Waals surface area (Å²) in [6, 6.07) is 6.91. The van der Waals surface area contributed by atoms with Crippen molar-refractivity contribution in [1.82, 2.24) is 9.46 Å². The second kappa shape index (κ2) is 4.40. The maximum atomic E-state index is 14.7. The van der Waals surface area contributed by atoms with Crippen LogP contribution in [0.25, 0.3) is 5.57 Å². The SMILES string of the molecule is COc1ncccc1C1=C2C=CC=[N+]2[B-](F)(F)n2cccc21. The van der Waals surface area contributed by atoms with Crippen molar-refractivity contribution in [3.63, 3.8) is 0 Å². The number of allylic oxidation sites excluding steroid dienone is 2. The zero-order valence-electron chi connectivity index (χ0n) is 11.8. The summed E-state index contributed by atoms with van der Waals surface area (Å²) in [5, 5.41) is 0. The molecule has 22 heavy (non-hydrogen) atoms. The van der Waals surface area contributed by atoms with Crippen molar-refractivity contribution in [3.05, 3.63) is 65.8 Å². The Kier molecular flexibility index (Phi) is 2.60. The number of pyridine rings is 1. The third-order valence-corrected chi connectivity index (χ3v) is 3.97. The van der Waals surface area contributed by atoms with Crippen molar-refractivity contribution >= 4 is 18.8 Å². The number of hydrogen-bond donors (Lipinski definition) is 0. The van der Waals surface area contributed by atoms with Crippen LogP contribution in [-0.4, -0.2) is 34.2 Å². The fraction of sp³-hybridized carbons (Fsp3) is 0.0667. The van der Waals surface area contributed by atoms with Gasteiger partial charge < -0.3 is 22.3 Å².